The molecule has 0 unspecified atom stereocenters. The Kier molecular flexibility index (Phi) is 4.85. The van der Waals surface area contributed by atoms with E-state index in [4.69, 9.17) is 0 Å². The normalized spacial score (nSPS) is 11.3. The molecule has 8 nitrogen and oxygen atoms in total. The summed E-state index contributed by atoms with van der Waals surface area (Å²) in [6, 6.07) is 9.42. The predicted molar refractivity (Wildman–Crippen MR) is 94.6 cm³/mol. The van der Waals surface area contributed by atoms with E-state index in [2.05, 4.69) is 30.4 Å². The first-order valence-electron chi connectivity index (χ1n) is 7.72. The highest BCUT2D eigenvalue weighted by molar-refractivity contribution is 7.92. The van der Waals surface area contributed by atoms with Crippen molar-refractivity contribution in [2.75, 3.05) is 10.0 Å². The maximum atomic E-state index is 13.6. The van der Waals surface area contributed by atoms with E-state index in [9.17, 15) is 12.8 Å². The fourth-order valence-corrected chi connectivity index (χ4v) is 3.80. The molecule has 3 N–H and O–H groups in total. The molecule has 0 spiro atoms. The predicted octanol–water partition coefficient (Wildman–Crippen LogP) is 2.37. The van der Waals surface area contributed by atoms with Gasteiger partial charge in [-0.25, -0.2) is 12.8 Å². The van der Waals surface area contributed by atoms with Gasteiger partial charge < -0.3 is 5.32 Å². The molecule has 0 fully saturated rings. The Bertz CT molecular complexity index is 998. The summed E-state index contributed by atoms with van der Waals surface area (Å²) in [4.78, 5) is 0.0843. The largest absolute Gasteiger partial charge is 0.364 e. The van der Waals surface area contributed by atoms with Crippen LogP contribution in [0, 0.1) is 19.7 Å². The number of rotatable bonds is 6. The van der Waals surface area contributed by atoms with Crippen molar-refractivity contribution in [2.45, 2.75) is 25.3 Å². The molecule has 3 aromatic rings. The van der Waals surface area contributed by atoms with E-state index in [1.807, 2.05) is 0 Å². The van der Waals surface area contributed by atoms with Crippen molar-refractivity contribution in [3.05, 3.63) is 59.2 Å². The van der Waals surface area contributed by atoms with Crippen LogP contribution in [0.5, 0.6) is 0 Å². The lowest BCUT2D eigenvalue weighted by molar-refractivity contribution is 0.599. The molecule has 0 atom stereocenters. The lowest BCUT2D eigenvalue weighted by Gasteiger charge is -2.09. The van der Waals surface area contributed by atoms with E-state index in [1.165, 1.54) is 12.1 Å². The molecule has 2 aromatic heterocycles. The van der Waals surface area contributed by atoms with E-state index in [1.54, 1.807) is 38.1 Å². The summed E-state index contributed by atoms with van der Waals surface area (Å²) in [6.45, 7) is 3.45. The van der Waals surface area contributed by atoms with Crippen LogP contribution in [0.3, 0.4) is 0 Å². The van der Waals surface area contributed by atoms with Crippen LogP contribution in [-0.2, 0) is 16.6 Å². The van der Waals surface area contributed by atoms with Crippen LogP contribution < -0.4 is 10.0 Å². The number of halogens is 1. The van der Waals surface area contributed by atoms with Crippen LogP contribution in [0.25, 0.3) is 0 Å². The molecule has 0 aliphatic heterocycles. The van der Waals surface area contributed by atoms with Crippen molar-refractivity contribution in [1.82, 2.24) is 20.4 Å². The van der Waals surface area contributed by atoms with Gasteiger partial charge in [-0.15, -0.1) is 10.2 Å². The highest BCUT2D eigenvalue weighted by atomic mass is 32.2. The Hall–Kier alpha value is -3.01. The molecule has 136 valence electrons. The highest BCUT2D eigenvalue weighted by Gasteiger charge is 2.22. The molecule has 0 radical (unpaired) electrons. The molecular weight excluding hydrogens is 359 g/mol. The molecule has 26 heavy (non-hydrogen) atoms. The minimum atomic E-state index is -3.82. The molecule has 0 saturated heterocycles. The van der Waals surface area contributed by atoms with Gasteiger partial charge in [0.1, 0.15) is 16.5 Å². The first-order valence-corrected chi connectivity index (χ1v) is 9.20. The molecule has 0 saturated carbocycles. The van der Waals surface area contributed by atoms with Gasteiger partial charge in [-0.05, 0) is 32.0 Å². The number of aromatic nitrogens is 4. The number of nitrogens with one attached hydrogen (secondary N) is 3. The maximum absolute atomic E-state index is 13.6. The number of H-pyrrole nitrogens is 1. The summed E-state index contributed by atoms with van der Waals surface area (Å²) in [6.07, 6.45) is 0. The van der Waals surface area contributed by atoms with Crippen LogP contribution in [-0.4, -0.2) is 28.8 Å². The van der Waals surface area contributed by atoms with E-state index in [0.29, 0.717) is 22.8 Å². The minimum Gasteiger partial charge on any atom is -0.364 e. The van der Waals surface area contributed by atoms with Crippen molar-refractivity contribution in [3.63, 3.8) is 0 Å². The first-order chi connectivity index (χ1) is 12.4. The average Bonchev–Trinajstić information content (AvgIpc) is 2.94. The Labute approximate surface area is 149 Å². The van der Waals surface area contributed by atoms with Crippen molar-refractivity contribution in [3.8, 4) is 0 Å². The summed E-state index contributed by atoms with van der Waals surface area (Å²) < 4.78 is 40.8. The van der Waals surface area contributed by atoms with Crippen LogP contribution >= 0.6 is 0 Å². The number of benzene rings is 1. The zero-order valence-electron chi connectivity index (χ0n) is 14.1. The molecule has 3 rings (SSSR count). The van der Waals surface area contributed by atoms with Gasteiger partial charge in [0.25, 0.3) is 10.0 Å². The summed E-state index contributed by atoms with van der Waals surface area (Å²) >= 11 is 0. The van der Waals surface area contributed by atoms with E-state index < -0.39 is 10.0 Å². The fourth-order valence-electron chi connectivity index (χ4n) is 2.43. The molecular formula is C16H17FN6O2S. The molecule has 2 heterocycles. The van der Waals surface area contributed by atoms with Gasteiger partial charge in [-0.2, -0.15) is 5.10 Å². The third-order valence-corrected chi connectivity index (χ3v) is 5.27. The quantitative estimate of drug-likeness (QED) is 0.609. The Morgan fingerprint density at radius 3 is 2.38 bits per heavy atom. The van der Waals surface area contributed by atoms with Gasteiger partial charge in [-0.1, -0.05) is 18.2 Å². The zero-order valence-corrected chi connectivity index (χ0v) is 14.9. The summed E-state index contributed by atoms with van der Waals surface area (Å²) in [5.74, 6) is 0.150. The summed E-state index contributed by atoms with van der Waals surface area (Å²) in [5, 5.41) is 17.2. The fraction of sp³-hybridized carbons (Fsp3) is 0.188. The third kappa shape index (κ3) is 3.80. The topological polar surface area (TPSA) is 113 Å². The lowest BCUT2D eigenvalue weighted by atomic mass is 10.2. The molecule has 0 bridgehead atoms. The van der Waals surface area contributed by atoms with Gasteiger partial charge in [0, 0.05) is 12.1 Å². The van der Waals surface area contributed by atoms with Crippen molar-refractivity contribution in [1.29, 1.82) is 0 Å². The number of anilines is 2. The second kappa shape index (κ2) is 7.08. The van der Waals surface area contributed by atoms with Crippen molar-refractivity contribution in [2.24, 2.45) is 0 Å². The molecule has 0 amide bonds. The van der Waals surface area contributed by atoms with Crippen LogP contribution in [0.4, 0.5) is 16.0 Å². The Balaban J connectivity index is 1.69. The number of aromatic amines is 1. The average molecular weight is 376 g/mol. The second-order valence-electron chi connectivity index (χ2n) is 5.62. The standard InChI is InChI=1S/C16H17FN6O2S/c1-10-16(11(2)20-19-10)26(24,25)23-15-8-7-14(21-22-15)18-9-12-5-3-4-6-13(12)17/h3-8H,9H2,1-2H3,(H,18,21)(H,19,20)(H,22,23). The monoisotopic (exact) mass is 376 g/mol. The van der Waals surface area contributed by atoms with Crippen molar-refractivity contribution >= 4 is 21.7 Å². The molecule has 0 aliphatic rings. The number of aryl methyl sites for hydroxylation is 2. The summed E-state index contributed by atoms with van der Waals surface area (Å²) in [7, 11) is -3.82. The Morgan fingerprint density at radius 2 is 1.77 bits per heavy atom. The number of hydrogen-bond donors (Lipinski definition) is 3. The molecule has 1 aromatic carbocycles. The molecule has 0 aliphatic carbocycles. The zero-order chi connectivity index (χ0) is 18.7. The van der Waals surface area contributed by atoms with E-state index >= 15 is 0 Å². The van der Waals surface area contributed by atoms with Crippen LogP contribution in [0.2, 0.25) is 0 Å². The summed E-state index contributed by atoms with van der Waals surface area (Å²) in [5.41, 5.74) is 1.29. The van der Waals surface area contributed by atoms with Crippen LogP contribution in [0.1, 0.15) is 17.0 Å². The maximum Gasteiger partial charge on any atom is 0.266 e. The number of nitrogens with zero attached hydrogens (tertiary/aromatic N) is 3. The van der Waals surface area contributed by atoms with Gasteiger partial charge in [0.15, 0.2) is 5.82 Å². The van der Waals surface area contributed by atoms with Crippen LogP contribution in [0.15, 0.2) is 41.3 Å². The van der Waals surface area contributed by atoms with Gasteiger partial charge in [-0.3, -0.25) is 9.82 Å². The SMILES string of the molecule is Cc1n[nH]c(C)c1S(=O)(=O)Nc1ccc(NCc2ccccc2F)nn1. The Morgan fingerprint density at radius 1 is 1.08 bits per heavy atom. The van der Waals surface area contributed by atoms with Gasteiger partial charge in [0.05, 0.1) is 11.4 Å². The first kappa shape index (κ1) is 17.8. The number of sulfonamides is 1. The minimum absolute atomic E-state index is 0.0708. The van der Waals surface area contributed by atoms with E-state index in [-0.39, 0.29) is 23.1 Å². The molecule has 10 heteroatoms. The van der Waals surface area contributed by atoms with Crippen molar-refractivity contribution < 1.29 is 12.8 Å². The van der Waals surface area contributed by atoms with Gasteiger partial charge in [0.2, 0.25) is 0 Å². The highest BCUT2D eigenvalue weighted by Crippen LogP contribution is 2.20. The third-order valence-electron chi connectivity index (χ3n) is 3.65. The smallest absolute Gasteiger partial charge is 0.266 e. The lowest BCUT2D eigenvalue weighted by Crippen LogP contribution is -2.16. The number of hydrogen-bond acceptors (Lipinski definition) is 6. The van der Waals surface area contributed by atoms with Gasteiger partial charge >= 0.3 is 0 Å². The van der Waals surface area contributed by atoms with E-state index in [0.717, 1.165) is 0 Å². The second-order valence-corrected chi connectivity index (χ2v) is 7.24.